The van der Waals surface area contributed by atoms with Crippen LogP contribution in [0.15, 0.2) is 43.0 Å². The highest BCUT2D eigenvalue weighted by molar-refractivity contribution is 5.51. The van der Waals surface area contributed by atoms with Gasteiger partial charge in [0.1, 0.15) is 17.5 Å². The van der Waals surface area contributed by atoms with Crippen molar-refractivity contribution in [3.63, 3.8) is 0 Å². The van der Waals surface area contributed by atoms with Crippen LogP contribution in [0.4, 0.5) is 11.6 Å². The maximum atomic E-state index is 4.71. The summed E-state index contributed by atoms with van der Waals surface area (Å²) in [4.78, 5) is 23.3. The lowest BCUT2D eigenvalue weighted by Gasteiger charge is -2.32. The van der Waals surface area contributed by atoms with Crippen LogP contribution in [0, 0.1) is 6.92 Å². The molecule has 0 aliphatic carbocycles. The molecule has 134 valence electrons. The van der Waals surface area contributed by atoms with Crippen LogP contribution in [0.5, 0.6) is 0 Å². The number of piperidine rings is 1. The molecule has 1 aliphatic heterocycles. The monoisotopic (exact) mass is 349 g/mol. The van der Waals surface area contributed by atoms with E-state index in [0.29, 0.717) is 5.92 Å². The van der Waals surface area contributed by atoms with Gasteiger partial charge in [-0.2, -0.15) is 0 Å². The molecule has 7 nitrogen and oxygen atoms in total. The zero-order valence-electron chi connectivity index (χ0n) is 14.9. The SMILES string of the molecule is Cc1nc(Nc2ccccn2)cc(C2CCCN(Cc3cnc[nH]3)C2)n1. The van der Waals surface area contributed by atoms with Crippen molar-refractivity contribution in [1.29, 1.82) is 0 Å². The molecule has 0 aromatic carbocycles. The van der Waals surface area contributed by atoms with Gasteiger partial charge in [-0.1, -0.05) is 6.07 Å². The predicted octanol–water partition coefficient (Wildman–Crippen LogP) is 3.03. The Morgan fingerprint density at radius 3 is 3.04 bits per heavy atom. The fourth-order valence-electron chi connectivity index (χ4n) is 3.48. The second-order valence-electron chi connectivity index (χ2n) is 6.72. The third kappa shape index (κ3) is 4.05. The molecule has 3 aromatic rings. The molecule has 4 rings (SSSR count). The Bertz CT molecular complexity index is 832. The van der Waals surface area contributed by atoms with Gasteiger partial charge in [-0.15, -0.1) is 0 Å². The summed E-state index contributed by atoms with van der Waals surface area (Å²) >= 11 is 0. The van der Waals surface area contributed by atoms with Gasteiger partial charge in [0.25, 0.3) is 0 Å². The number of nitrogens with zero attached hydrogens (tertiary/aromatic N) is 5. The summed E-state index contributed by atoms with van der Waals surface area (Å²) < 4.78 is 0. The molecule has 1 unspecified atom stereocenters. The Morgan fingerprint density at radius 2 is 2.23 bits per heavy atom. The molecule has 26 heavy (non-hydrogen) atoms. The van der Waals surface area contributed by atoms with E-state index in [-0.39, 0.29) is 0 Å². The number of aromatic nitrogens is 5. The smallest absolute Gasteiger partial charge is 0.135 e. The number of anilines is 2. The molecule has 0 amide bonds. The largest absolute Gasteiger partial charge is 0.347 e. The number of aryl methyl sites for hydroxylation is 1. The summed E-state index contributed by atoms with van der Waals surface area (Å²) in [5.74, 6) is 2.79. The zero-order valence-corrected chi connectivity index (χ0v) is 14.9. The van der Waals surface area contributed by atoms with Crippen LogP contribution in [-0.2, 0) is 6.54 Å². The highest BCUT2D eigenvalue weighted by Crippen LogP contribution is 2.28. The number of likely N-dealkylation sites (tertiary alicyclic amines) is 1. The van der Waals surface area contributed by atoms with Crippen LogP contribution in [0.3, 0.4) is 0 Å². The minimum atomic E-state index is 0.414. The molecule has 4 heterocycles. The molecule has 1 saturated heterocycles. The van der Waals surface area contributed by atoms with E-state index in [2.05, 4.69) is 36.2 Å². The topological polar surface area (TPSA) is 82.6 Å². The Balaban J connectivity index is 1.49. The van der Waals surface area contributed by atoms with Gasteiger partial charge in [0.2, 0.25) is 0 Å². The zero-order chi connectivity index (χ0) is 17.8. The minimum Gasteiger partial charge on any atom is -0.347 e. The quantitative estimate of drug-likeness (QED) is 0.737. The number of nitrogens with one attached hydrogen (secondary N) is 2. The van der Waals surface area contributed by atoms with E-state index >= 15 is 0 Å². The summed E-state index contributed by atoms with van der Waals surface area (Å²) in [6.07, 6.45) is 7.73. The van der Waals surface area contributed by atoms with Gasteiger partial charge in [0, 0.05) is 43.2 Å². The number of hydrogen-bond donors (Lipinski definition) is 2. The van der Waals surface area contributed by atoms with Crippen molar-refractivity contribution in [2.75, 3.05) is 18.4 Å². The average molecular weight is 349 g/mol. The summed E-state index contributed by atoms with van der Waals surface area (Å²) in [6.45, 7) is 4.95. The lowest BCUT2D eigenvalue weighted by Crippen LogP contribution is -2.34. The van der Waals surface area contributed by atoms with Crippen LogP contribution in [-0.4, -0.2) is 42.9 Å². The van der Waals surface area contributed by atoms with Gasteiger partial charge in [-0.3, -0.25) is 4.90 Å². The molecular formula is C19H23N7. The van der Waals surface area contributed by atoms with Gasteiger partial charge in [0.15, 0.2) is 0 Å². The molecule has 0 spiro atoms. The normalized spacial score (nSPS) is 18.0. The summed E-state index contributed by atoms with van der Waals surface area (Å²) in [5, 5.41) is 3.28. The molecule has 2 N–H and O–H groups in total. The minimum absolute atomic E-state index is 0.414. The maximum Gasteiger partial charge on any atom is 0.135 e. The summed E-state index contributed by atoms with van der Waals surface area (Å²) in [5.41, 5.74) is 2.26. The summed E-state index contributed by atoms with van der Waals surface area (Å²) in [6, 6.07) is 7.85. The Hall–Kier alpha value is -2.80. The van der Waals surface area contributed by atoms with Crippen molar-refractivity contribution < 1.29 is 0 Å². The highest BCUT2D eigenvalue weighted by Gasteiger charge is 2.23. The molecule has 0 saturated carbocycles. The first-order chi connectivity index (χ1) is 12.8. The van der Waals surface area contributed by atoms with E-state index in [1.54, 1.807) is 12.5 Å². The van der Waals surface area contributed by atoms with Crippen molar-refractivity contribution in [3.05, 3.63) is 60.2 Å². The highest BCUT2D eigenvalue weighted by atomic mass is 15.1. The van der Waals surface area contributed by atoms with E-state index in [1.165, 1.54) is 6.42 Å². The van der Waals surface area contributed by atoms with Crippen molar-refractivity contribution in [2.45, 2.75) is 32.2 Å². The third-order valence-corrected chi connectivity index (χ3v) is 4.65. The molecule has 7 heteroatoms. The van der Waals surface area contributed by atoms with E-state index in [9.17, 15) is 0 Å². The van der Waals surface area contributed by atoms with Crippen molar-refractivity contribution >= 4 is 11.6 Å². The fourth-order valence-corrected chi connectivity index (χ4v) is 3.48. The van der Waals surface area contributed by atoms with Gasteiger partial charge >= 0.3 is 0 Å². The van der Waals surface area contributed by atoms with Gasteiger partial charge in [-0.25, -0.2) is 19.9 Å². The van der Waals surface area contributed by atoms with Crippen LogP contribution in [0.2, 0.25) is 0 Å². The van der Waals surface area contributed by atoms with Crippen molar-refractivity contribution in [2.24, 2.45) is 0 Å². The second kappa shape index (κ2) is 7.61. The Morgan fingerprint density at radius 1 is 1.27 bits per heavy atom. The van der Waals surface area contributed by atoms with Gasteiger partial charge in [-0.05, 0) is 38.4 Å². The van der Waals surface area contributed by atoms with Crippen molar-refractivity contribution in [3.8, 4) is 0 Å². The molecule has 3 aromatic heterocycles. The molecule has 0 bridgehead atoms. The van der Waals surface area contributed by atoms with E-state index in [4.69, 9.17) is 4.98 Å². The lowest BCUT2D eigenvalue weighted by molar-refractivity contribution is 0.196. The Labute approximate surface area is 152 Å². The summed E-state index contributed by atoms with van der Waals surface area (Å²) in [7, 11) is 0. The molecule has 1 atom stereocenters. The number of hydrogen-bond acceptors (Lipinski definition) is 6. The first-order valence-electron chi connectivity index (χ1n) is 8.99. The molecular weight excluding hydrogens is 326 g/mol. The number of aromatic amines is 1. The first kappa shape index (κ1) is 16.7. The number of imidazole rings is 1. The molecule has 0 radical (unpaired) electrons. The van der Waals surface area contributed by atoms with Crippen LogP contribution in [0.25, 0.3) is 0 Å². The fraction of sp³-hybridized carbons (Fsp3) is 0.368. The number of pyridine rings is 1. The molecule has 1 aliphatic rings. The van der Waals surface area contributed by atoms with E-state index < -0.39 is 0 Å². The van der Waals surface area contributed by atoms with Gasteiger partial charge in [0.05, 0.1) is 12.0 Å². The predicted molar refractivity (Wildman–Crippen MR) is 100 cm³/mol. The first-order valence-corrected chi connectivity index (χ1v) is 8.99. The molecule has 1 fully saturated rings. The van der Waals surface area contributed by atoms with Crippen LogP contribution < -0.4 is 5.32 Å². The number of rotatable bonds is 5. The number of H-pyrrole nitrogens is 1. The second-order valence-corrected chi connectivity index (χ2v) is 6.72. The van der Waals surface area contributed by atoms with Gasteiger partial charge < -0.3 is 10.3 Å². The van der Waals surface area contributed by atoms with E-state index in [0.717, 1.165) is 54.9 Å². The lowest BCUT2D eigenvalue weighted by atomic mass is 9.94. The average Bonchev–Trinajstić information content (AvgIpc) is 3.15. The van der Waals surface area contributed by atoms with Crippen LogP contribution in [0.1, 0.15) is 36.0 Å². The van der Waals surface area contributed by atoms with Crippen molar-refractivity contribution in [1.82, 2.24) is 29.8 Å². The van der Waals surface area contributed by atoms with E-state index in [1.807, 2.05) is 31.3 Å². The third-order valence-electron chi connectivity index (χ3n) is 4.65. The Kier molecular flexibility index (Phi) is 4.88. The van der Waals surface area contributed by atoms with Crippen LogP contribution >= 0.6 is 0 Å². The standard InChI is InChI=1S/C19H23N7/c1-14-23-17(9-19(24-14)25-18-6-2-3-7-21-18)15-5-4-8-26(11-15)12-16-10-20-13-22-16/h2-3,6-7,9-10,13,15H,4-5,8,11-12H2,1H3,(H,20,22)(H,21,23,24,25). The maximum absolute atomic E-state index is 4.71.